The van der Waals surface area contributed by atoms with Gasteiger partial charge in [-0.2, -0.15) is 0 Å². The highest BCUT2D eigenvalue weighted by Crippen LogP contribution is 2.31. The molecule has 3 rings (SSSR count). The average molecular weight is 468 g/mol. The van der Waals surface area contributed by atoms with Crippen molar-refractivity contribution in [2.45, 2.75) is 18.7 Å². The lowest BCUT2D eigenvalue weighted by atomic mass is 10.3. The number of carbonyl (C=O) groups is 1. The molecule has 2 heterocycles. The van der Waals surface area contributed by atoms with E-state index in [0.29, 0.717) is 6.54 Å². The third kappa shape index (κ3) is 6.30. The Kier molecular flexibility index (Phi) is 9.65. The van der Waals surface area contributed by atoms with Crippen LogP contribution in [0.25, 0.3) is 16.3 Å². The number of fused-ring (bicyclic) bond motifs is 1. The summed E-state index contributed by atoms with van der Waals surface area (Å²) in [5.41, 5.74) is 0.945. The first-order valence-corrected chi connectivity index (χ1v) is 12.3. The number of halogens is 1. The summed E-state index contributed by atoms with van der Waals surface area (Å²) in [5.74, 6) is -0.0234. The van der Waals surface area contributed by atoms with Crippen molar-refractivity contribution in [3.63, 3.8) is 0 Å². The van der Waals surface area contributed by atoms with Crippen molar-refractivity contribution in [2.75, 3.05) is 37.3 Å². The molecule has 0 N–H and O–H groups in total. The molecule has 2 aromatic heterocycles. The molecule has 3 aromatic rings. The zero-order valence-electron chi connectivity index (χ0n) is 16.8. The number of thioether (sulfide) groups is 1. The van der Waals surface area contributed by atoms with E-state index in [1.807, 2.05) is 34.6 Å². The first-order chi connectivity index (χ1) is 13.6. The second-order valence-electron chi connectivity index (χ2n) is 6.20. The highest BCUT2D eigenvalue weighted by molar-refractivity contribution is 7.98. The Morgan fingerprint density at radius 3 is 2.66 bits per heavy atom. The van der Waals surface area contributed by atoms with Gasteiger partial charge in [-0.15, -0.1) is 35.5 Å². The van der Waals surface area contributed by atoms with E-state index >= 15 is 0 Å². The Morgan fingerprint density at radius 1 is 1.21 bits per heavy atom. The highest BCUT2D eigenvalue weighted by Gasteiger charge is 2.19. The van der Waals surface area contributed by atoms with E-state index < -0.39 is 0 Å². The predicted octanol–water partition coefficient (Wildman–Crippen LogP) is 5.89. The number of anilines is 1. The highest BCUT2D eigenvalue weighted by atomic mass is 35.5. The van der Waals surface area contributed by atoms with E-state index in [1.54, 1.807) is 40.5 Å². The molecule has 0 fully saturated rings. The number of hydrogen-bond donors (Lipinski definition) is 0. The summed E-state index contributed by atoms with van der Waals surface area (Å²) in [6.07, 6.45) is 5.61. The molecule has 156 valence electrons. The van der Waals surface area contributed by atoms with Crippen LogP contribution in [0.1, 0.15) is 18.7 Å². The zero-order chi connectivity index (χ0) is 19.9. The van der Waals surface area contributed by atoms with Crippen LogP contribution in [0.5, 0.6) is 0 Å². The molecule has 0 bridgehead atoms. The number of thiophene rings is 1. The van der Waals surface area contributed by atoms with Gasteiger partial charge in [0, 0.05) is 28.9 Å². The maximum Gasteiger partial charge on any atom is 0.252 e. The lowest BCUT2D eigenvalue weighted by molar-refractivity contribution is -0.114. The fraction of sp³-hybridized carbons (Fsp3) is 0.333. The maximum absolute atomic E-state index is 13.0. The largest absolute Gasteiger partial charge is 0.302 e. The first kappa shape index (κ1) is 23.9. The summed E-state index contributed by atoms with van der Waals surface area (Å²) in [6, 6.07) is 10.3. The number of nitrogens with zero attached hydrogens (tertiary/aromatic N) is 3. The first-order valence-electron chi connectivity index (χ1n) is 9.34. The predicted molar refractivity (Wildman–Crippen MR) is 132 cm³/mol. The second kappa shape index (κ2) is 11.7. The van der Waals surface area contributed by atoms with Gasteiger partial charge in [0.05, 0.1) is 10.2 Å². The van der Waals surface area contributed by atoms with Gasteiger partial charge in [-0.3, -0.25) is 9.69 Å². The van der Waals surface area contributed by atoms with E-state index in [4.69, 9.17) is 4.98 Å². The number of benzene rings is 1. The standard InChI is InChI=1S/C21H25N3OS3.ClH/c1-4-23(5-2)12-13-24(20(25)11-9-16-7-6-14-27-16)21-22-18-10-8-17(26-3)15-19(18)28-21;/h6-11,14-15H,4-5,12-13H2,1-3H3;1H. The molecule has 0 saturated carbocycles. The van der Waals surface area contributed by atoms with Crippen molar-refractivity contribution in [3.8, 4) is 0 Å². The van der Waals surface area contributed by atoms with Gasteiger partial charge in [-0.25, -0.2) is 4.98 Å². The summed E-state index contributed by atoms with van der Waals surface area (Å²) in [7, 11) is 0. The van der Waals surface area contributed by atoms with Crippen LogP contribution in [0, 0.1) is 0 Å². The fourth-order valence-electron chi connectivity index (χ4n) is 2.85. The number of rotatable bonds is 9. The van der Waals surface area contributed by atoms with Gasteiger partial charge < -0.3 is 4.90 Å². The molecule has 0 saturated heterocycles. The molecule has 0 aliphatic carbocycles. The Bertz CT molecular complexity index is 936. The molecular formula is C21H26ClN3OS3. The van der Waals surface area contributed by atoms with Crippen LogP contribution < -0.4 is 4.90 Å². The lowest BCUT2D eigenvalue weighted by Gasteiger charge is -2.23. The van der Waals surface area contributed by atoms with Gasteiger partial charge in [0.25, 0.3) is 5.91 Å². The zero-order valence-corrected chi connectivity index (χ0v) is 20.1. The van der Waals surface area contributed by atoms with E-state index in [-0.39, 0.29) is 18.3 Å². The molecule has 1 aromatic carbocycles. The minimum atomic E-state index is -0.0234. The number of aromatic nitrogens is 1. The summed E-state index contributed by atoms with van der Waals surface area (Å²) in [4.78, 5) is 24.2. The van der Waals surface area contributed by atoms with Gasteiger partial charge in [0.15, 0.2) is 5.13 Å². The normalized spacial score (nSPS) is 11.3. The smallest absolute Gasteiger partial charge is 0.252 e. The van der Waals surface area contributed by atoms with Crippen molar-refractivity contribution >= 4 is 74.2 Å². The summed E-state index contributed by atoms with van der Waals surface area (Å²) in [5, 5.41) is 2.78. The maximum atomic E-state index is 13.0. The van der Waals surface area contributed by atoms with E-state index in [9.17, 15) is 4.79 Å². The van der Waals surface area contributed by atoms with Gasteiger partial charge in [-0.1, -0.05) is 31.3 Å². The van der Waals surface area contributed by atoms with Gasteiger partial charge in [0.2, 0.25) is 0 Å². The minimum Gasteiger partial charge on any atom is -0.302 e. The molecule has 29 heavy (non-hydrogen) atoms. The summed E-state index contributed by atoms with van der Waals surface area (Å²) < 4.78 is 1.12. The Labute approximate surface area is 191 Å². The lowest BCUT2D eigenvalue weighted by Crippen LogP contribution is -2.38. The van der Waals surface area contributed by atoms with Crippen LogP contribution in [0.4, 0.5) is 5.13 Å². The third-order valence-corrected chi connectivity index (χ3v) is 7.15. The minimum absolute atomic E-state index is 0. The molecule has 0 aliphatic heterocycles. The SMILES string of the molecule is CCN(CC)CCN(C(=O)C=Cc1cccs1)c1nc2ccc(SC)cc2s1.Cl. The third-order valence-electron chi connectivity index (χ3n) is 4.55. The molecular weight excluding hydrogens is 442 g/mol. The number of amides is 1. The molecule has 8 heteroatoms. The molecule has 0 unspecified atom stereocenters. The quantitative estimate of drug-likeness (QED) is 0.290. The number of likely N-dealkylation sites (N-methyl/N-ethyl adjacent to an activating group) is 1. The van der Waals surface area contributed by atoms with Gasteiger partial charge in [-0.05, 0) is 55.1 Å². The van der Waals surface area contributed by atoms with Gasteiger partial charge in [0.1, 0.15) is 0 Å². The Morgan fingerprint density at radius 2 is 2.00 bits per heavy atom. The molecule has 0 aliphatic rings. The number of carbonyl (C=O) groups excluding carboxylic acids is 1. The summed E-state index contributed by atoms with van der Waals surface area (Å²) >= 11 is 4.92. The van der Waals surface area contributed by atoms with Crippen LogP contribution in [0.15, 0.2) is 46.7 Å². The van der Waals surface area contributed by atoms with Crippen LogP contribution in [-0.4, -0.2) is 48.2 Å². The van der Waals surface area contributed by atoms with Crippen molar-refractivity contribution < 1.29 is 4.79 Å². The molecule has 4 nitrogen and oxygen atoms in total. The van der Waals surface area contributed by atoms with Crippen LogP contribution in [-0.2, 0) is 4.79 Å². The summed E-state index contributed by atoms with van der Waals surface area (Å²) in [6.45, 7) is 7.70. The Balaban J connectivity index is 0.00000300. The topological polar surface area (TPSA) is 36.4 Å². The monoisotopic (exact) mass is 467 g/mol. The fourth-order valence-corrected chi connectivity index (χ4v) is 5.01. The second-order valence-corrected chi connectivity index (χ2v) is 9.06. The van der Waals surface area contributed by atoms with Crippen LogP contribution in [0.2, 0.25) is 0 Å². The number of hydrogen-bond acceptors (Lipinski definition) is 6. The molecule has 0 spiro atoms. The van der Waals surface area contributed by atoms with Gasteiger partial charge >= 0.3 is 0 Å². The van der Waals surface area contributed by atoms with Crippen LogP contribution in [0.3, 0.4) is 0 Å². The molecule has 0 radical (unpaired) electrons. The van der Waals surface area contributed by atoms with Crippen molar-refractivity contribution in [1.82, 2.24) is 9.88 Å². The van der Waals surface area contributed by atoms with E-state index in [2.05, 4.69) is 37.1 Å². The molecule has 0 atom stereocenters. The van der Waals surface area contributed by atoms with E-state index in [1.165, 1.54) is 4.90 Å². The van der Waals surface area contributed by atoms with E-state index in [0.717, 1.165) is 39.9 Å². The molecule has 1 amide bonds. The van der Waals surface area contributed by atoms with Crippen molar-refractivity contribution in [3.05, 3.63) is 46.7 Å². The number of thiazole rings is 1. The Hall–Kier alpha value is -1.38. The van der Waals surface area contributed by atoms with Crippen molar-refractivity contribution in [2.24, 2.45) is 0 Å². The average Bonchev–Trinajstić information content (AvgIpc) is 3.38. The van der Waals surface area contributed by atoms with Crippen molar-refractivity contribution in [1.29, 1.82) is 0 Å². The van der Waals surface area contributed by atoms with Crippen LogP contribution >= 0.6 is 46.8 Å².